The highest BCUT2D eigenvalue weighted by atomic mass is 79.9. The van der Waals surface area contributed by atoms with Crippen LogP contribution in [-0.4, -0.2) is 34.2 Å². The molecule has 0 saturated carbocycles. The van der Waals surface area contributed by atoms with Gasteiger partial charge in [0.15, 0.2) is 0 Å². The van der Waals surface area contributed by atoms with Gasteiger partial charge >= 0.3 is 0 Å². The number of non-ortho nitro benzene ring substituents is 1. The average molecular weight is 571 g/mol. The third kappa shape index (κ3) is 3.99. The summed E-state index contributed by atoms with van der Waals surface area (Å²) in [6, 6.07) is 17.4. The number of hydrogen-bond donors (Lipinski definition) is 0. The summed E-state index contributed by atoms with van der Waals surface area (Å²) >= 11 is 10.9. The molecule has 4 aromatic rings. The summed E-state index contributed by atoms with van der Waals surface area (Å²) in [6.07, 6.45) is 0. The Morgan fingerprint density at radius 1 is 1.03 bits per heavy atom. The largest absolute Gasteiger partial charge is 0.289 e. The van der Waals surface area contributed by atoms with E-state index >= 15 is 0 Å². The topological polar surface area (TPSA) is 101 Å². The quantitative estimate of drug-likeness (QED) is 0.163. The van der Waals surface area contributed by atoms with Gasteiger partial charge in [-0.05, 0) is 42.5 Å². The van der Waals surface area contributed by atoms with Gasteiger partial charge in [0.1, 0.15) is 11.5 Å². The monoisotopic (exact) mass is 569 g/mol. The van der Waals surface area contributed by atoms with Crippen LogP contribution in [0.1, 0.15) is 30.4 Å². The van der Waals surface area contributed by atoms with E-state index < -0.39 is 22.6 Å². The number of halogens is 2. The summed E-state index contributed by atoms with van der Waals surface area (Å²) in [4.78, 5) is 52.8. The minimum atomic E-state index is -0.544. The van der Waals surface area contributed by atoms with Gasteiger partial charge in [0.25, 0.3) is 23.4 Å². The highest BCUT2D eigenvalue weighted by Crippen LogP contribution is 2.39. The molecule has 0 bridgehead atoms. The predicted octanol–water partition coefficient (Wildman–Crippen LogP) is 6.13. The van der Waals surface area contributed by atoms with Crippen molar-refractivity contribution in [2.24, 2.45) is 0 Å². The van der Waals surface area contributed by atoms with E-state index in [0.717, 1.165) is 20.7 Å². The predicted molar refractivity (Wildman–Crippen MR) is 136 cm³/mol. The Bertz CT molecular complexity index is 1520. The van der Waals surface area contributed by atoms with Crippen LogP contribution in [0.2, 0.25) is 5.02 Å². The molecule has 0 fully saturated rings. The molecule has 5 rings (SSSR count). The fourth-order valence-electron chi connectivity index (χ4n) is 3.82. The summed E-state index contributed by atoms with van der Waals surface area (Å²) in [5.41, 5.74) is 0.861. The van der Waals surface area contributed by atoms with Crippen LogP contribution >= 0.6 is 38.9 Å². The van der Waals surface area contributed by atoms with Gasteiger partial charge in [-0.25, -0.2) is 0 Å². The lowest BCUT2D eigenvalue weighted by molar-refractivity contribution is -0.384. The van der Waals surface area contributed by atoms with Crippen LogP contribution in [0.5, 0.6) is 0 Å². The first-order chi connectivity index (χ1) is 16.8. The van der Waals surface area contributed by atoms with Crippen LogP contribution in [0.25, 0.3) is 10.1 Å². The maximum Gasteiger partial charge on any atom is 0.271 e. The molecule has 2 heterocycles. The Hall–Kier alpha value is -3.60. The van der Waals surface area contributed by atoms with Crippen molar-refractivity contribution < 1.29 is 19.3 Å². The molecule has 174 valence electrons. The summed E-state index contributed by atoms with van der Waals surface area (Å²) < 4.78 is 1.26. The molecule has 0 spiro atoms. The van der Waals surface area contributed by atoms with Crippen molar-refractivity contribution in [1.82, 2.24) is 4.90 Å². The lowest BCUT2D eigenvalue weighted by Gasteiger charge is -2.27. The fraction of sp³-hybridized carbons (Fsp3) is 0.0417. The molecule has 0 N–H and O–H groups in total. The van der Waals surface area contributed by atoms with Crippen molar-refractivity contribution in [3.05, 3.63) is 102 Å². The van der Waals surface area contributed by atoms with Crippen LogP contribution in [0.3, 0.4) is 0 Å². The molecule has 35 heavy (non-hydrogen) atoms. The van der Waals surface area contributed by atoms with Crippen molar-refractivity contribution in [3.63, 3.8) is 0 Å². The molecule has 0 atom stereocenters. The van der Waals surface area contributed by atoms with Gasteiger partial charge in [-0.1, -0.05) is 39.7 Å². The highest BCUT2D eigenvalue weighted by molar-refractivity contribution is 9.10. The molecule has 1 aromatic heterocycles. The average Bonchev–Trinajstić information content (AvgIpc) is 3.31. The summed E-state index contributed by atoms with van der Waals surface area (Å²) in [6.45, 7) is -0.336. The number of rotatable bonds is 5. The summed E-state index contributed by atoms with van der Waals surface area (Å²) in [5, 5.41) is 11.8. The van der Waals surface area contributed by atoms with Crippen LogP contribution < -0.4 is 4.90 Å². The molecule has 3 amide bonds. The zero-order chi connectivity index (χ0) is 24.9. The number of nitro groups is 1. The van der Waals surface area contributed by atoms with Gasteiger partial charge in [0, 0.05) is 32.4 Å². The first-order valence-electron chi connectivity index (χ1n) is 10.2. The molecule has 1 aliphatic heterocycles. The maximum atomic E-state index is 13.8. The van der Waals surface area contributed by atoms with Crippen LogP contribution in [0.4, 0.5) is 11.4 Å². The van der Waals surface area contributed by atoms with E-state index in [4.69, 9.17) is 11.6 Å². The van der Waals surface area contributed by atoms with Crippen LogP contribution in [-0.2, 0) is 0 Å². The standard InChI is InChI=1S/C24H13BrClN3O5S/c25-13-5-7-14(8-6-13)27(12-28-22(30)16-3-1-2-4-17(16)23(28)31)24(32)21-20(26)18-10-9-15(29(33)34)11-19(18)35-21/h1-11H,12H2. The van der Waals surface area contributed by atoms with Gasteiger partial charge in [-0.3, -0.25) is 34.3 Å². The molecule has 0 radical (unpaired) electrons. The first kappa shape index (κ1) is 23.2. The fourth-order valence-corrected chi connectivity index (χ4v) is 5.58. The van der Waals surface area contributed by atoms with Crippen molar-refractivity contribution >= 4 is 78.1 Å². The van der Waals surface area contributed by atoms with Gasteiger partial charge in [-0.2, -0.15) is 0 Å². The van der Waals surface area contributed by atoms with Crippen LogP contribution in [0, 0.1) is 10.1 Å². The number of nitro benzene ring substituents is 1. The Labute approximate surface area is 215 Å². The number of anilines is 1. The van der Waals surface area contributed by atoms with Gasteiger partial charge in [0.05, 0.1) is 21.1 Å². The number of fused-ring (bicyclic) bond motifs is 2. The number of hydrogen-bond acceptors (Lipinski definition) is 6. The van der Waals surface area contributed by atoms with E-state index in [1.807, 2.05) is 0 Å². The summed E-state index contributed by atoms with van der Waals surface area (Å²) in [7, 11) is 0. The molecule has 3 aromatic carbocycles. The number of amides is 3. The number of thiophene rings is 1. The molecule has 11 heteroatoms. The second kappa shape index (κ2) is 8.88. The van der Waals surface area contributed by atoms with Crippen molar-refractivity contribution in [3.8, 4) is 0 Å². The third-order valence-electron chi connectivity index (χ3n) is 5.56. The van der Waals surface area contributed by atoms with Crippen molar-refractivity contribution in [2.45, 2.75) is 0 Å². The zero-order valence-corrected chi connectivity index (χ0v) is 20.8. The van der Waals surface area contributed by atoms with Crippen molar-refractivity contribution in [2.75, 3.05) is 11.6 Å². The third-order valence-corrected chi connectivity index (χ3v) is 7.74. The van der Waals surface area contributed by atoms with E-state index in [-0.39, 0.29) is 33.4 Å². The van der Waals surface area contributed by atoms with Gasteiger partial charge in [-0.15, -0.1) is 11.3 Å². The summed E-state index contributed by atoms with van der Waals surface area (Å²) in [5.74, 6) is -1.55. The molecule has 0 unspecified atom stereocenters. The molecule has 0 aliphatic carbocycles. The highest BCUT2D eigenvalue weighted by Gasteiger charge is 2.38. The number of imide groups is 1. The lowest BCUT2D eigenvalue weighted by Crippen LogP contribution is -2.44. The Morgan fingerprint density at radius 2 is 1.66 bits per heavy atom. The minimum absolute atomic E-state index is 0.120. The van der Waals surface area contributed by atoms with E-state index in [1.165, 1.54) is 23.1 Å². The number of nitrogens with zero attached hydrogens (tertiary/aromatic N) is 3. The number of carbonyl (C=O) groups excluding carboxylic acids is 3. The second-order valence-electron chi connectivity index (χ2n) is 7.62. The molecule has 8 nitrogen and oxygen atoms in total. The molecular weight excluding hydrogens is 558 g/mol. The molecular formula is C24H13BrClN3O5S. The number of benzene rings is 3. The van der Waals surface area contributed by atoms with E-state index in [9.17, 15) is 24.5 Å². The number of carbonyl (C=O) groups is 3. The first-order valence-corrected chi connectivity index (χ1v) is 12.1. The zero-order valence-electron chi connectivity index (χ0n) is 17.6. The maximum absolute atomic E-state index is 13.8. The van der Waals surface area contributed by atoms with E-state index in [1.54, 1.807) is 48.5 Å². The molecule has 0 saturated heterocycles. The van der Waals surface area contributed by atoms with Crippen LogP contribution in [0.15, 0.2) is 71.2 Å². The second-order valence-corrected chi connectivity index (χ2v) is 9.96. The van der Waals surface area contributed by atoms with Gasteiger partial charge in [0.2, 0.25) is 0 Å². The van der Waals surface area contributed by atoms with Gasteiger partial charge < -0.3 is 0 Å². The van der Waals surface area contributed by atoms with Crippen molar-refractivity contribution in [1.29, 1.82) is 0 Å². The SMILES string of the molecule is O=C1c2ccccc2C(=O)N1CN(C(=O)c1sc2cc([N+](=O)[O-])ccc2c1Cl)c1ccc(Br)cc1. The van der Waals surface area contributed by atoms with E-state index in [2.05, 4.69) is 15.9 Å². The van der Waals surface area contributed by atoms with E-state index in [0.29, 0.717) is 15.8 Å². The normalized spacial score (nSPS) is 12.8. The Kier molecular flexibility index (Phi) is 5.87. The smallest absolute Gasteiger partial charge is 0.271 e. The minimum Gasteiger partial charge on any atom is -0.289 e. The molecule has 1 aliphatic rings. The Balaban J connectivity index is 1.57. The Morgan fingerprint density at radius 3 is 2.26 bits per heavy atom. The lowest BCUT2D eigenvalue weighted by atomic mass is 10.1.